The lowest BCUT2D eigenvalue weighted by Crippen LogP contribution is -2.36. The van der Waals surface area contributed by atoms with Gasteiger partial charge in [-0.3, -0.25) is 4.40 Å². The van der Waals surface area contributed by atoms with E-state index in [0.717, 1.165) is 16.9 Å². The van der Waals surface area contributed by atoms with Crippen LogP contribution in [0.25, 0.3) is 5.65 Å². The van der Waals surface area contributed by atoms with E-state index in [4.69, 9.17) is 4.74 Å². The van der Waals surface area contributed by atoms with Gasteiger partial charge in [-0.05, 0) is 61.6 Å². The number of carbonyl (C=O) groups excluding carboxylic acids is 1. The molecular formula is C25H28N6O3. The van der Waals surface area contributed by atoms with Crippen LogP contribution in [0.3, 0.4) is 0 Å². The van der Waals surface area contributed by atoms with Crippen molar-refractivity contribution < 1.29 is 9.53 Å². The van der Waals surface area contributed by atoms with Crippen molar-refractivity contribution in [3.63, 3.8) is 0 Å². The molecule has 0 bridgehead atoms. The second kappa shape index (κ2) is 10.2. The Morgan fingerprint density at radius 1 is 1.09 bits per heavy atom. The maximum Gasteiger partial charge on any atom is 0.350 e. The standard InChI is InChI=1S/C25H28N6O3/c1-29(2)22(19-9-7-11-21(15-19)34-3)16-26-24(32)27-20-10-6-8-18(14-20)17-31-25(33)30-13-5-4-12-23(30)28-31/h4-15,22H,16-17H2,1-3H3,(H2,26,27,32). The lowest BCUT2D eigenvalue weighted by molar-refractivity contribution is 0.243. The van der Waals surface area contributed by atoms with Crippen LogP contribution in [0, 0.1) is 0 Å². The van der Waals surface area contributed by atoms with Crippen LogP contribution in [0.1, 0.15) is 17.2 Å². The third kappa shape index (κ3) is 5.26. The van der Waals surface area contributed by atoms with Gasteiger partial charge in [0, 0.05) is 18.4 Å². The molecule has 0 saturated carbocycles. The predicted molar refractivity (Wildman–Crippen MR) is 131 cm³/mol. The largest absolute Gasteiger partial charge is 0.497 e. The zero-order valence-electron chi connectivity index (χ0n) is 19.4. The highest BCUT2D eigenvalue weighted by molar-refractivity contribution is 5.89. The fraction of sp³-hybridized carbons (Fsp3) is 0.240. The molecule has 0 fully saturated rings. The Kier molecular flexibility index (Phi) is 6.93. The van der Waals surface area contributed by atoms with Crippen molar-refractivity contribution in [2.75, 3.05) is 33.1 Å². The van der Waals surface area contributed by atoms with Crippen LogP contribution in [0.15, 0.2) is 77.7 Å². The summed E-state index contributed by atoms with van der Waals surface area (Å²) in [6.45, 7) is 0.721. The molecule has 2 aromatic carbocycles. The molecule has 0 spiro atoms. The highest BCUT2D eigenvalue weighted by Crippen LogP contribution is 2.22. The van der Waals surface area contributed by atoms with E-state index in [-0.39, 0.29) is 17.8 Å². The molecule has 2 amide bonds. The van der Waals surface area contributed by atoms with Crippen LogP contribution in [0.4, 0.5) is 10.5 Å². The van der Waals surface area contributed by atoms with Crippen molar-refractivity contribution in [1.29, 1.82) is 0 Å². The van der Waals surface area contributed by atoms with Crippen molar-refractivity contribution in [2.24, 2.45) is 0 Å². The number of methoxy groups -OCH3 is 1. The summed E-state index contributed by atoms with van der Waals surface area (Å²) in [7, 11) is 5.57. The number of anilines is 1. The Bertz CT molecular complexity index is 1340. The normalized spacial score (nSPS) is 12.0. The number of likely N-dealkylation sites (N-methyl/N-ethyl adjacent to an activating group) is 1. The average Bonchev–Trinajstić information content (AvgIpc) is 3.14. The molecule has 9 nitrogen and oxygen atoms in total. The summed E-state index contributed by atoms with van der Waals surface area (Å²) in [5.41, 5.74) is 2.91. The molecule has 1 unspecified atom stereocenters. The maximum atomic E-state index is 12.6. The molecule has 1 atom stereocenters. The predicted octanol–water partition coefficient (Wildman–Crippen LogP) is 2.98. The molecule has 0 saturated heterocycles. The van der Waals surface area contributed by atoms with Crippen LogP contribution in [0.5, 0.6) is 5.75 Å². The Morgan fingerprint density at radius 2 is 1.91 bits per heavy atom. The fourth-order valence-electron chi connectivity index (χ4n) is 3.80. The molecule has 176 valence electrons. The van der Waals surface area contributed by atoms with Gasteiger partial charge in [-0.2, -0.15) is 0 Å². The van der Waals surface area contributed by atoms with E-state index in [0.29, 0.717) is 24.4 Å². The Morgan fingerprint density at radius 3 is 2.68 bits per heavy atom. The number of pyridine rings is 1. The van der Waals surface area contributed by atoms with Crippen molar-refractivity contribution in [1.82, 2.24) is 24.4 Å². The van der Waals surface area contributed by atoms with Gasteiger partial charge in [0.1, 0.15) is 5.75 Å². The zero-order valence-corrected chi connectivity index (χ0v) is 19.4. The first-order valence-corrected chi connectivity index (χ1v) is 10.9. The molecule has 0 aliphatic carbocycles. The van der Waals surface area contributed by atoms with E-state index in [1.54, 1.807) is 31.5 Å². The molecule has 0 aliphatic heterocycles. The zero-order chi connectivity index (χ0) is 24.1. The number of amides is 2. The fourth-order valence-corrected chi connectivity index (χ4v) is 3.80. The van der Waals surface area contributed by atoms with E-state index in [1.807, 2.05) is 67.5 Å². The number of ether oxygens (including phenoxy) is 1. The number of nitrogens with one attached hydrogen (secondary N) is 2. The first-order chi connectivity index (χ1) is 16.4. The third-order valence-corrected chi connectivity index (χ3v) is 5.56. The Hall–Kier alpha value is -4.11. The number of urea groups is 1. The second-order valence-electron chi connectivity index (χ2n) is 8.16. The number of nitrogens with zero attached hydrogens (tertiary/aromatic N) is 4. The smallest absolute Gasteiger partial charge is 0.350 e. The third-order valence-electron chi connectivity index (χ3n) is 5.56. The number of aromatic nitrogens is 3. The number of carbonyl (C=O) groups is 1. The highest BCUT2D eigenvalue weighted by atomic mass is 16.5. The monoisotopic (exact) mass is 460 g/mol. The molecule has 2 heterocycles. The van der Waals surface area contributed by atoms with Gasteiger partial charge in [0.2, 0.25) is 0 Å². The molecule has 2 N–H and O–H groups in total. The summed E-state index contributed by atoms with van der Waals surface area (Å²) in [5.74, 6) is 0.773. The summed E-state index contributed by atoms with van der Waals surface area (Å²) in [5, 5.41) is 10.2. The summed E-state index contributed by atoms with van der Waals surface area (Å²) < 4.78 is 8.23. The van der Waals surface area contributed by atoms with Gasteiger partial charge in [-0.15, -0.1) is 5.10 Å². The number of hydrogen-bond donors (Lipinski definition) is 2. The molecule has 9 heteroatoms. The molecule has 4 aromatic rings. The number of hydrogen-bond acceptors (Lipinski definition) is 5. The lowest BCUT2D eigenvalue weighted by Gasteiger charge is -2.25. The summed E-state index contributed by atoms with van der Waals surface area (Å²) in [6, 6.07) is 20.3. The molecular weight excluding hydrogens is 432 g/mol. The van der Waals surface area contributed by atoms with Crippen LogP contribution in [-0.4, -0.2) is 52.9 Å². The van der Waals surface area contributed by atoms with Gasteiger partial charge in [0.05, 0.1) is 19.7 Å². The van der Waals surface area contributed by atoms with Crippen molar-refractivity contribution in [3.05, 3.63) is 94.5 Å². The Balaban J connectivity index is 1.40. The van der Waals surface area contributed by atoms with E-state index < -0.39 is 0 Å². The summed E-state index contributed by atoms with van der Waals surface area (Å²) in [6.07, 6.45) is 1.69. The van der Waals surface area contributed by atoms with Crippen molar-refractivity contribution >= 4 is 17.4 Å². The van der Waals surface area contributed by atoms with Gasteiger partial charge in [0.25, 0.3) is 0 Å². The molecule has 0 aliphatic rings. The van der Waals surface area contributed by atoms with Gasteiger partial charge in [0.15, 0.2) is 5.65 Å². The van der Waals surface area contributed by atoms with Crippen LogP contribution in [-0.2, 0) is 6.54 Å². The first kappa shape index (κ1) is 23.1. The van der Waals surface area contributed by atoms with Gasteiger partial charge in [-0.1, -0.05) is 30.3 Å². The minimum atomic E-state index is -0.309. The molecule has 4 rings (SSSR count). The first-order valence-electron chi connectivity index (χ1n) is 10.9. The summed E-state index contributed by atoms with van der Waals surface area (Å²) in [4.78, 5) is 27.2. The number of fused-ring (bicyclic) bond motifs is 1. The minimum Gasteiger partial charge on any atom is -0.497 e. The van der Waals surface area contributed by atoms with Gasteiger partial charge in [-0.25, -0.2) is 14.3 Å². The quantitative estimate of drug-likeness (QED) is 0.422. The van der Waals surface area contributed by atoms with Crippen LogP contribution >= 0.6 is 0 Å². The van der Waals surface area contributed by atoms with Crippen molar-refractivity contribution in [3.8, 4) is 5.75 Å². The SMILES string of the molecule is COc1cccc(C(CNC(=O)Nc2cccc(Cn3nc4ccccn4c3=O)c2)N(C)C)c1. The van der Waals surface area contributed by atoms with Crippen molar-refractivity contribution in [2.45, 2.75) is 12.6 Å². The summed E-state index contributed by atoms with van der Waals surface area (Å²) >= 11 is 0. The van der Waals surface area contributed by atoms with Gasteiger partial charge >= 0.3 is 11.7 Å². The lowest BCUT2D eigenvalue weighted by atomic mass is 10.1. The van der Waals surface area contributed by atoms with E-state index in [2.05, 4.69) is 15.7 Å². The number of rotatable bonds is 8. The number of benzene rings is 2. The van der Waals surface area contributed by atoms with Crippen LogP contribution in [0.2, 0.25) is 0 Å². The molecule has 34 heavy (non-hydrogen) atoms. The topological polar surface area (TPSA) is 92.9 Å². The second-order valence-corrected chi connectivity index (χ2v) is 8.16. The van der Waals surface area contributed by atoms with Gasteiger partial charge < -0.3 is 20.3 Å². The van der Waals surface area contributed by atoms with E-state index >= 15 is 0 Å². The maximum absolute atomic E-state index is 12.6. The Labute approximate surface area is 197 Å². The molecule has 2 aromatic heterocycles. The average molecular weight is 461 g/mol. The minimum absolute atomic E-state index is 0.0193. The van der Waals surface area contributed by atoms with Crippen LogP contribution < -0.4 is 21.1 Å². The molecule has 0 radical (unpaired) electrons. The highest BCUT2D eigenvalue weighted by Gasteiger charge is 2.16. The van der Waals surface area contributed by atoms with E-state index in [9.17, 15) is 9.59 Å². The van der Waals surface area contributed by atoms with E-state index in [1.165, 1.54) is 9.08 Å².